The molecule has 0 amide bonds. The lowest BCUT2D eigenvalue weighted by Crippen LogP contribution is -2.50. The lowest BCUT2D eigenvalue weighted by atomic mass is 10.1. The van der Waals surface area contributed by atoms with Crippen molar-refractivity contribution in [2.75, 3.05) is 55.3 Å². The first-order valence-electron chi connectivity index (χ1n) is 10.7. The Morgan fingerprint density at radius 2 is 1.77 bits per heavy atom. The molecule has 2 aromatic rings. The highest BCUT2D eigenvalue weighted by Gasteiger charge is 2.28. The van der Waals surface area contributed by atoms with Crippen molar-refractivity contribution in [2.45, 2.75) is 39.0 Å². The van der Waals surface area contributed by atoms with Gasteiger partial charge in [0.1, 0.15) is 5.82 Å². The van der Waals surface area contributed by atoms with Gasteiger partial charge in [0.05, 0.1) is 34.8 Å². The van der Waals surface area contributed by atoms with Gasteiger partial charge in [-0.1, -0.05) is 0 Å². The van der Waals surface area contributed by atoms with Gasteiger partial charge in [0, 0.05) is 51.0 Å². The second kappa shape index (κ2) is 8.55. The number of anilines is 3. The lowest BCUT2D eigenvalue weighted by Gasteiger charge is -2.39. The highest BCUT2D eigenvalue weighted by molar-refractivity contribution is 5.77. The Hall–Kier alpha value is -2.52. The number of benzene rings is 1. The predicted octanol–water partition coefficient (Wildman–Crippen LogP) is 2.76. The molecule has 3 atom stereocenters. The first-order valence-corrected chi connectivity index (χ1v) is 10.7. The number of ether oxygens (including phenoxy) is 1. The third kappa shape index (κ3) is 4.29. The third-order valence-corrected chi connectivity index (χ3v) is 6.14. The molecule has 168 valence electrons. The van der Waals surface area contributed by atoms with E-state index in [4.69, 9.17) is 10.5 Å². The highest BCUT2D eigenvalue weighted by atomic mass is 19.1. The van der Waals surface area contributed by atoms with Gasteiger partial charge in [0.25, 0.3) is 0 Å². The van der Waals surface area contributed by atoms with Crippen molar-refractivity contribution in [1.82, 2.24) is 14.9 Å². The zero-order valence-electron chi connectivity index (χ0n) is 18.5. The monoisotopic (exact) mass is 432 g/mol. The largest absolute Gasteiger partial charge is 0.395 e. The summed E-state index contributed by atoms with van der Waals surface area (Å²) < 4.78 is 36.3. The number of nitrogen functional groups attached to an aromatic ring is 1. The van der Waals surface area contributed by atoms with Crippen molar-refractivity contribution in [1.29, 1.82) is 0 Å². The molecular weight excluding hydrogens is 402 g/mol. The number of nitrogens with two attached hydrogens (primary N) is 1. The molecule has 2 aliphatic rings. The summed E-state index contributed by atoms with van der Waals surface area (Å²) in [6.45, 7) is 9.38. The minimum Gasteiger partial charge on any atom is -0.395 e. The van der Waals surface area contributed by atoms with Crippen LogP contribution in [0.4, 0.5) is 26.1 Å². The molecule has 0 radical (unpaired) electrons. The van der Waals surface area contributed by atoms with Crippen molar-refractivity contribution >= 4 is 17.3 Å². The van der Waals surface area contributed by atoms with Gasteiger partial charge in [-0.15, -0.1) is 0 Å². The van der Waals surface area contributed by atoms with Crippen molar-refractivity contribution in [3.8, 4) is 11.3 Å². The Morgan fingerprint density at radius 3 is 2.45 bits per heavy atom. The maximum atomic E-state index is 15.3. The second-order valence-corrected chi connectivity index (χ2v) is 8.66. The summed E-state index contributed by atoms with van der Waals surface area (Å²) >= 11 is 0. The molecule has 2 N–H and O–H groups in total. The Kier molecular flexibility index (Phi) is 5.98. The molecule has 2 fully saturated rings. The highest BCUT2D eigenvalue weighted by Crippen LogP contribution is 2.36. The zero-order valence-corrected chi connectivity index (χ0v) is 18.5. The quantitative estimate of drug-likeness (QED) is 0.748. The van der Waals surface area contributed by atoms with E-state index < -0.39 is 11.6 Å². The number of likely N-dealkylation sites (N-methyl/N-ethyl adjacent to an activating group) is 1. The first-order chi connectivity index (χ1) is 14.7. The van der Waals surface area contributed by atoms with E-state index in [0.717, 1.165) is 6.54 Å². The van der Waals surface area contributed by atoms with Crippen LogP contribution in [0.15, 0.2) is 18.3 Å². The lowest BCUT2D eigenvalue weighted by molar-refractivity contribution is -0.00571. The fourth-order valence-corrected chi connectivity index (χ4v) is 4.37. The van der Waals surface area contributed by atoms with Crippen molar-refractivity contribution in [2.24, 2.45) is 0 Å². The Labute approximate surface area is 181 Å². The minimum atomic E-state index is -0.782. The van der Waals surface area contributed by atoms with E-state index in [1.807, 2.05) is 30.7 Å². The molecule has 7 nitrogen and oxygen atoms in total. The van der Waals surface area contributed by atoms with Gasteiger partial charge in [-0.25, -0.2) is 18.7 Å². The summed E-state index contributed by atoms with van der Waals surface area (Å²) in [4.78, 5) is 14.9. The van der Waals surface area contributed by atoms with Crippen LogP contribution in [0.5, 0.6) is 0 Å². The topological polar surface area (TPSA) is 70.8 Å². The van der Waals surface area contributed by atoms with Crippen LogP contribution < -0.4 is 15.5 Å². The van der Waals surface area contributed by atoms with E-state index >= 15 is 8.78 Å². The van der Waals surface area contributed by atoms with Gasteiger partial charge in [0.2, 0.25) is 5.95 Å². The SMILES string of the molecule is CC1CN(c2cc(F)c(-c3ccnc(N4C[C@@H](C)O[C@@H](C)C4)n3)c(F)c2N)CCN1C. The summed E-state index contributed by atoms with van der Waals surface area (Å²) in [5.41, 5.74) is 6.45. The molecule has 0 spiro atoms. The molecule has 1 aromatic carbocycles. The first kappa shape index (κ1) is 21.7. The second-order valence-electron chi connectivity index (χ2n) is 8.66. The van der Waals surface area contributed by atoms with E-state index in [0.29, 0.717) is 37.8 Å². The molecule has 2 saturated heterocycles. The average molecular weight is 433 g/mol. The number of piperazine rings is 1. The number of hydrogen-bond acceptors (Lipinski definition) is 7. The average Bonchev–Trinajstić information content (AvgIpc) is 2.72. The van der Waals surface area contributed by atoms with Gasteiger partial charge in [-0.2, -0.15) is 0 Å². The standard InChI is InChI=1S/C22H30F2N6O/c1-13-10-29(8-7-28(13)4)18-9-16(23)19(20(24)21(18)25)17-5-6-26-22(27-17)30-11-14(2)31-15(3)12-30/h5-6,9,13-15H,7-8,10-12,25H2,1-4H3/t13?,14-,15+. The summed E-state index contributed by atoms with van der Waals surface area (Å²) in [5, 5.41) is 0. The van der Waals surface area contributed by atoms with Crippen LogP contribution in [0.3, 0.4) is 0 Å². The predicted molar refractivity (Wildman–Crippen MR) is 118 cm³/mol. The van der Waals surface area contributed by atoms with Crippen LogP contribution in [-0.4, -0.2) is 72.9 Å². The Bertz CT molecular complexity index is 948. The van der Waals surface area contributed by atoms with Crippen molar-refractivity contribution in [3.05, 3.63) is 30.0 Å². The molecule has 31 heavy (non-hydrogen) atoms. The smallest absolute Gasteiger partial charge is 0.226 e. The number of hydrogen-bond donors (Lipinski definition) is 1. The molecule has 0 bridgehead atoms. The van der Waals surface area contributed by atoms with Gasteiger partial charge in [-0.3, -0.25) is 0 Å². The Morgan fingerprint density at radius 1 is 1.06 bits per heavy atom. The maximum Gasteiger partial charge on any atom is 0.226 e. The molecule has 2 aliphatic heterocycles. The molecule has 0 saturated carbocycles. The summed E-state index contributed by atoms with van der Waals surface area (Å²) in [5.74, 6) is -1.04. The third-order valence-electron chi connectivity index (χ3n) is 6.14. The van der Waals surface area contributed by atoms with Crippen LogP contribution in [-0.2, 0) is 4.74 Å². The number of nitrogens with zero attached hydrogens (tertiary/aromatic N) is 5. The molecule has 1 unspecified atom stereocenters. The van der Waals surface area contributed by atoms with E-state index in [-0.39, 0.29) is 35.2 Å². The summed E-state index contributed by atoms with van der Waals surface area (Å²) in [7, 11) is 2.04. The van der Waals surface area contributed by atoms with E-state index in [2.05, 4.69) is 21.8 Å². The molecule has 3 heterocycles. The van der Waals surface area contributed by atoms with Crippen LogP contribution in [0.25, 0.3) is 11.3 Å². The molecule has 0 aliphatic carbocycles. The van der Waals surface area contributed by atoms with Crippen molar-refractivity contribution < 1.29 is 13.5 Å². The van der Waals surface area contributed by atoms with Crippen LogP contribution in [0.1, 0.15) is 20.8 Å². The molecular formula is C22H30F2N6O. The van der Waals surface area contributed by atoms with Gasteiger partial charge >= 0.3 is 0 Å². The molecule has 4 rings (SSSR count). The number of morpholine rings is 1. The van der Waals surface area contributed by atoms with Gasteiger partial charge in [0.15, 0.2) is 5.82 Å². The molecule has 9 heteroatoms. The van der Waals surface area contributed by atoms with Crippen molar-refractivity contribution in [3.63, 3.8) is 0 Å². The minimum absolute atomic E-state index is 0.0189. The fraction of sp³-hybridized carbons (Fsp3) is 0.545. The van der Waals surface area contributed by atoms with Crippen LogP contribution in [0, 0.1) is 11.6 Å². The van der Waals surface area contributed by atoms with Gasteiger partial charge < -0.3 is 25.2 Å². The Balaban J connectivity index is 1.67. The maximum absolute atomic E-state index is 15.3. The molecule has 1 aromatic heterocycles. The van der Waals surface area contributed by atoms with E-state index in [9.17, 15) is 0 Å². The number of rotatable bonds is 3. The van der Waals surface area contributed by atoms with E-state index in [1.165, 1.54) is 18.3 Å². The van der Waals surface area contributed by atoms with Crippen LogP contribution >= 0.6 is 0 Å². The summed E-state index contributed by atoms with van der Waals surface area (Å²) in [6.07, 6.45) is 1.56. The summed E-state index contributed by atoms with van der Waals surface area (Å²) in [6, 6.07) is 3.10. The zero-order chi connectivity index (χ0) is 22.3. The number of halogens is 2. The van der Waals surface area contributed by atoms with Gasteiger partial charge in [-0.05, 0) is 33.9 Å². The normalized spacial score (nSPS) is 25.2. The van der Waals surface area contributed by atoms with Crippen LogP contribution in [0.2, 0.25) is 0 Å². The van der Waals surface area contributed by atoms with E-state index in [1.54, 1.807) is 0 Å². The fourth-order valence-electron chi connectivity index (χ4n) is 4.37. The number of aromatic nitrogens is 2.